The largest absolute Gasteiger partial charge is 0.389 e. The molecule has 0 aliphatic heterocycles. The zero-order valence-corrected chi connectivity index (χ0v) is 11.6. The minimum atomic E-state index is -1.54. The molecule has 0 radical (unpaired) electrons. The van der Waals surface area contributed by atoms with Gasteiger partial charge >= 0.3 is 0 Å². The lowest BCUT2D eigenvalue weighted by atomic mass is 10.0. The lowest BCUT2D eigenvalue weighted by Gasteiger charge is -2.17. The average Bonchev–Trinajstić information content (AvgIpc) is 2.44. The zero-order valence-electron chi connectivity index (χ0n) is 11.6. The molecule has 0 unspecified atom stereocenters. The van der Waals surface area contributed by atoms with Crippen LogP contribution < -0.4 is 0 Å². The third-order valence-corrected chi connectivity index (χ3v) is 3.27. The molecule has 120 valence electrons. The summed E-state index contributed by atoms with van der Waals surface area (Å²) in [5.41, 5.74) is -3.08. The average molecular weight is 298 g/mol. The molecule has 0 fully saturated rings. The van der Waals surface area contributed by atoms with Crippen LogP contribution in [0.15, 0.2) is 0 Å². The fourth-order valence-electron chi connectivity index (χ4n) is 1.04. The van der Waals surface area contributed by atoms with Crippen molar-refractivity contribution in [3.8, 4) is 0 Å². The molecule has 4 N–H and O–H groups in total. The second kappa shape index (κ2) is 9.53. The van der Waals surface area contributed by atoms with Crippen molar-refractivity contribution in [3.05, 3.63) is 20.2 Å². The van der Waals surface area contributed by atoms with Crippen LogP contribution in [0.3, 0.4) is 0 Å². The minimum Gasteiger partial charge on any atom is -0.389 e. The van der Waals surface area contributed by atoms with Gasteiger partial charge in [-0.05, 0) is 0 Å². The highest BCUT2D eigenvalue weighted by atomic mass is 16.6. The highest BCUT2D eigenvalue weighted by Gasteiger charge is 2.40. The van der Waals surface area contributed by atoms with Crippen LogP contribution in [0.1, 0.15) is 26.7 Å². The standard InChI is InChI=1S/2C5H11NO4/c2*1-2-5(3-7,4-8)6(9)10/h2*7-8H,2-4H2,1H3. The van der Waals surface area contributed by atoms with Crippen LogP contribution >= 0.6 is 0 Å². The number of nitrogens with zero attached hydrogens (tertiary/aromatic N) is 2. The van der Waals surface area contributed by atoms with E-state index in [0.717, 1.165) is 0 Å². The summed E-state index contributed by atoms with van der Waals surface area (Å²) in [5.74, 6) is 0. The molecule has 0 aromatic carbocycles. The van der Waals surface area contributed by atoms with E-state index >= 15 is 0 Å². The number of hydrogen-bond donors (Lipinski definition) is 4. The van der Waals surface area contributed by atoms with Gasteiger partial charge in [0.2, 0.25) is 0 Å². The van der Waals surface area contributed by atoms with Gasteiger partial charge in [0.15, 0.2) is 0 Å². The molecule has 0 amide bonds. The molecule has 0 spiro atoms. The van der Waals surface area contributed by atoms with Gasteiger partial charge in [0.25, 0.3) is 11.1 Å². The van der Waals surface area contributed by atoms with E-state index in [-0.39, 0.29) is 12.8 Å². The first-order valence-corrected chi connectivity index (χ1v) is 5.98. The van der Waals surface area contributed by atoms with E-state index in [9.17, 15) is 20.2 Å². The van der Waals surface area contributed by atoms with Crippen molar-refractivity contribution in [1.82, 2.24) is 0 Å². The fraction of sp³-hybridized carbons (Fsp3) is 1.00. The van der Waals surface area contributed by atoms with Crippen LogP contribution in [0.5, 0.6) is 0 Å². The summed E-state index contributed by atoms with van der Waals surface area (Å²) in [6.45, 7) is 0.629. The molecule has 0 rings (SSSR count). The second-order valence-electron chi connectivity index (χ2n) is 4.30. The number of rotatable bonds is 8. The normalized spacial score (nSPS) is 11.5. The molecule has 0 heterocycles. The second-order valence-corrected chi connectivity index (χ2v) is 4.30. The molecule has 0 aromatic rings. The summed E-state index contributed by atoms with van der Waals surface area (Å²) in [6.07, 6.45) is 0.264. The molecule has 10 nitrogen and oxygen atoms in total. The Morgan fingerprint density at radius 2 is 0.950 bits per heavy atom. The quantitative estimate of drug-likeness (QED) is 0.320. The number of aliphatic hydroxyl groups excluding tert-OH is 4. The van der Waals surface area contributed by atoms with Gasteiger partial charge in [-0.3, -0.25) is 20.2 Å². The monoisotopic (exact) mass is 298 g/mol. The van der Waals surface area contributed by atoms with Crippen LogP contribution in [-0.2, 0) is 0 Å². The van der Waals surface area contributed by atoms with E-state index in [1.54, 1.807) is 13.8 Å². The maximum absolute atomic E-state index is 10.2. The summed E-state index contributed by atoms with van der Waals surface area (Å²) in [4.78, 5) is 19.1. The van der Waals surface area contributed by atoms with Crippen molar-refractivity contribution in [2.45, 2.75) is 37.8 Å². The fourth-order valence-corrected chi connectivity index (χ4v) is 1.04. The first-order chi connectivity index (χ1) is 9.25. The highest BCUT2D eigenvalue weighted by Crippen LogP contribution is 2.12. The summed E-state index contributed by atoms with van der Waals surface area (Å²) in [6, 6.07) is 0. The summed E-state index contributed by atoms with van der Waals surface area (Å²) in [7, 11) is 0. The Morgan fingerprint density at radius 3 is 0.950 bits per heavy atom. The van der Waals surface area contributed by atoms with Gasteiger partial charge in [0, 0.05) is 22.7 Å². The first kappa shape index (κ1) is 20.9. The van der Waals surface area contributed by atoms with Crippen molar-refractivity contribution in [3.63, 3.8) is 0 Å². The minimum absolute atomic E-state index is 0.132. The molecule has 0 aromatic heterocycles. The molecule has 0 atom stereocenters. The number of nitro groups is 2. The van der Waals surface area contributed by atoms with E-state index in [2.05, 4.69) is 0 Å². The lowest BCUT2D eigenvalue weighted by molar-refractivity contribution is -0.577. The molecule has 0 bridgehead atoms. The highest BCUT2D eigenvalue weighted by molar-refractivity contribution is 4.75. The Hall–Kier alpha value is -1.36. The maximum atomic E-state index is 10.2. The third kappa shape index (κ3) is 4.96. The predicted octanol–water partition coefficient (Wildman–Crippen LogP) is -1.21. The Kier molecular flexibility index (Phi) is 9.98. The van der Waals surface area contributed by atoms with Crippen molar-refractivity contribution in [1.29, 1.82) is 0 Å². The van der Waals surface area contributed by atoms with Crippen LogP contribution in [0, 0.1) is 20.2 Å². The Morgan fingerprint density at radius 1 is 0.750 bits per heavy atom. The number of hydrogen-bond acceptors (Lipinski definition) is 8. The van der Waals surface area contributed by atoms with Gasteiger partial charge < -0.3 is 20.4 Å². The molecule has 0 saturated heterocycles. The van der Waals surface area contributed by atoms with E-state index < -0.39 is 47.4 Å². The molecule has 0 aliphatic rings. The van der Waals surface area contributed by atoms with E-state index in [1.807, 2.05) is 0 Å². The summed E-state index contributed by atoms with van der Waals surface area (Å²) >= 11 is 0. The lowest BCUT2D eigenvalue weighted by Crippen LogP contribution is -2.45. The maximum Gasteiger partial charge on any atom is 0.267 e. The van der Waals surface area contributed by atoms with Crippen LogP contribution in [0.4, 0.5) is 0 Å². The van der Waals surface area contributed by atoms with E-state index in [4.69, 9.17) is 20.4 Å². The van der Waals surface area contributed by atoms with Gasteiger partial charge in [0.05, 0.1) is 0 Å². The first-order valence-electron chi connectivity index (χ1n) is 5.98. The van der Waals surface area contributed by atoms with Gasteiger partial charge in [-0.15, -0.1) is 0 Å². The van der Waals surface area contributed by atoms with Crippen molar-refractivity contribution >= 4 is 0 Å². The van der Waals surface area contributed by atoms with Crippen LogP contribution in [0.25, 0.3) is 0 Å². The van der Waals surface area contributed by atoms with Crippen molar-refractivity contribution < 1.29 is 30.3 Å². The molecule has 10 heteroatoms. The SMILES string of the molecule is CCC(CO)(CO)[N+](=O)[O-].CCC(CO)(CO)[N+](=O)[O-]. The number of aliphatic hydroxyl groups is 4. The van der Waals surface area contributed by atoms with Crippen molar-refractivity contribution in [2.75, 3.05) is 26.4 Å². The van der Waals surface area contributed by atoms with Gasteiger partial charge in [-0.2, -0.15) is 0 Å². The van der Waals surface area contributed by atoms with Crippen LogP contribution in [-0.4, -0.2) is 67.8 Å². The van der Waals surface area contributed by atoms with Crippen LogP contribution in [0.2, 0.25) is 0 Å². The summed E-state index contributed by atoms with van der Waals surface area (Å²) < 4.78 is 0. The Balaban J connectivity index is 0. The predicted molar refractivity (Wildman–Crippen MR) is 68.4 cm³/mol. The third-order valence-electron chi connectivity index (χ3n) is 3.27. The molecule has 0 aliphatic carbocycles. The van der Waals surface area contributed by atoms with Gasteiger partial charge in [0.1, 0.15) is 26.4 Å². The molecular weight excluding hydrogens is 276 g/mol. The van der Waals surface area contributed by atoms with E-state index in [1.165, 1.54) is 0 Å². The smallest absolute Gasteiger partial charge is 0.267 e. The molecule has 0 saturated carbocycles. The summed E-state index contributed by atoms with van der Waals surface area (Å²) in [5, 5.41) is 54.6. The molecule has 20 heavy (non-hydrogen) atoms. The molecular formula is C10H22N2O8. The Labute approximate surface area is 116 Å². The van der Waals surface area contributed by atoms with Crippen molar-refractivity contribution in [2.24, 2.45) is 0 Å². The van der Waals surface area contributed by atoms with Gasteiger partial charge in [-0.25, -0.2) is 0 Å². The Bertz CT molecular complexity index is 255. The van der Waals surface area contributed by atoms with Gasteiger partial charge in [-0.1, -0.05) is 13.8 Å². The van der Waals surface area contributed by atoms with E-state index in [0.29, 0.717) is 0 Å². The topological polar surface area (TPSA) is 167 Å². The zero-order chi connectivity index (χ0) is 16.4.